The fourth-order valence-electron chi connectivity index (χ4n) is 3.96. The van der Waals surface area contributed by atoms with E-state index < -0.39 is 0 Å². The highest BCUT2D eigenvalue weighted by molar-refractivity contribution is 6.15. The van der Waals surface area contributed by atoms with Crippen molar-refractivity contribution in [2.24, 2.45) is 0 Å². The fraction of sp³-hybridized carbons (Fsp3) is 0.200. The number of fused-ring (bicyclic) bond motifs is 2. The van der Waals surface area contributed by atoms with Crippen molar-refractivity contribution in [2.75, 3.05) is 0 Å². The van der Waals surface area contributed by atoms with Gasteiger partial charge in [0.2, 0.25) is 0 Å². The molecular formula is C25H24. The van der Waals surface area contributed by atoms with E-state index in [1.165, 1.54) is 50.2 Å². The summed E-state index contributed by atoms with van der Waals surface area (Å²) in [6.45, 7) is 4.47. The summed E-state index contributed by atoms with van der Waals surface area (Å²) in [6.07, 6.45) is 3.37. The molecule has 0 saturated heterocycles. The van der Waals surface area contributed by atoms with Gasteiger partial charge in [0, 0.05) is 0 Å². The summed E-state index contributed by atoms with van der Waals surface area (Å²) < 4.78 is 0. The Bertz CT molecular complexity index is 966. The van der Waals surface area contributed by atoms with Crippen LogP contribution >= 0.6 is 0 Å². The lowest BCUT2D eigenvalue weighted by molar-refractivity contribution is 0.936. The highest BCUT2D eigenvalue weighted by Crippen LogP contribution is 2.39. The molecule has 0 bridgehead atoms. The molecular weight excluding hydrogens is 300 g/mol. The summed E-state index contributed by atoms with van der Waals surface area (Å²) in [5.74, 6) is 0. The van der Waals surface area contributed by atoms with Crippen LogP contribution in [0.2, 0.25) is 0 Å². The Hall–Kier alpha value is -2.60. The summed E-state index contributed by atoms with van der Waals surface area (Å²) in [5.41, 5.74) is 5.56. The van der Waals surface area contributed by atoms with Gasteiger partial charge in [0.25, 0.3) is 0 Å². The Kier molecular flexibility index (Phi) is 4.28. The van der Waals surface area contributed by atoms with Crippen LogP contribution in [0.1, 0.15) is 31.4 Å². The van der Waals surface area contributed by atoms with Gasteiger partial charge in [-0.15, -0.1) is 0 Å². The first-order valence-electron chi connectivity index (χ1n) is 9.35. The minimum absolute atomic E-state index is 1.08. The summed E-state index contributed by atoms with van der Waals surface area (Å²) in [7, 11) is 0. The first kappa shape index (κ1) is 15.9. The lowest BCUT2D eigenvalue weighted by Gasteiger charge is -2.17. The monoisotopic (exact) mass is 324 g/mol. The third-order valence-electron chi connectivity index (χ3n) is 5.19. The van der Waals surface area contributed by atoms with Crippen LogP contribution in [0.25, 0.3) is 32.7 Å². The first-order chi connectivity index (χ1) is 12.3. The molecule has 0 spiro atoms. The molecule has 0 heteroatoms. The van der Waals surface area contributed by atoms with Gasteiger partial charge in [-0.25, -0.2) is 0 Å². The molecule has 4 aromatic rings. The summed E-state index contributed by atoms with van der Waals surface area (Å²) in [6, 6.07) is 26.9. The standard InChI is InChI=1S/C25H24/c1-3-9-20-21-10-5-7-12-23(21)25(24-13-8-6-11-22(20)24)19-16-14-18(4-2)15-17-19/h5-8,10-17H,3-4,9H2,1-2H3. The molecule has 0 atom stereocenters. The third kappa shape index (κ3) is 2.72. The van der Waals surface area contributed by atoms with E-state index in [2.05, 4.69) is 86.6 Å². The van der Waals surface area contributed by atoms with Crippen LogP contribution in [0.15, 0.2) is 72.8 Å². The van der Waals surface area contributed by atoms with Crippen LogP contribution in [0.4, 0.5) is 0 Å². The molecule has 0 fully saturated rings. The van der Waals surface area contributed by atoms with Crippen molar-refractivity contribution in [3.63, 3.8) is 0 Å². The van der Waals surface area contributed by atoms with E-state index >= 15 is 0 Å². The van der Waals surface area contributed by atoms with Crippen LogP contribution in [0.3, 0.4) is 0 Å². The molecule has 0 N–H and O–H groups in total. The SMILES string of the molecule is CCCc1c2ccccc2c(-c2ccc(CC)cc2)c2ccccc12. The largest absolute Gasteiger partial charge is 0.0651 e. The predicted octanol–water partition coefficient (Wildman–Crippen LogP) is 7.17. The Morgan fingerprint density at radius 1 is 0.600 bits per heavy atom. The molecule has 0 heterocycles. The van der Waals surface area contributed by atoms with Crippen molar-refractivity contribution in [1.82, 2.24) is 0 Å². The van der Waals surface area contributed by atoms with Crippen LogP contribution < -0.4 is 0 Å². The van der Waals surface area contributed by atoms with Crippen molar-refractivity contribution in [2.45, 2.75) is 33.1 Å². The second-order valence-electron chi connectivity index (χ2n) is 6.75. The third-order valence-corrected chi connectivity index (χ3v) is 5.19. The molecule has 25 heavy (non-hydrogen) atoms. The number of rotatable bonds is 4. The average molecular weight is 324 g/mol. The minimum atomic E-state index is 1.08. The molecule has 0 aliphatic carbocycles. The van der Waals surface area contributed by atoms with Crippen LogP contribution in [-0.2, 0) is 12.8 Å². The maximum Gasteiger partial charge on any atom is -0.00266 e. The lowest BCUT2D eigenvalue weighted by Crippen LogP contribution is -1.93. The van der Waals surface area contributed by atoms with Gasteiger partial charge in [-0.1, -0.05) is 93.1 Å². The van der Waals surface area contributed by atoms with E-state index in [1.54, 1.807) is 0 Å². The van der Waals surface area contributed by atoms with Crippen molar-refractivity contribution in [1.29, 1.82) is 0 Å². The highest BCUT2D eigenvalue weighted by Gasteiger charge is 2.14. The Balaban J connectivity index is 2.12. The Labute approximate surface area is 150 Å². The van der Waals surface area contributed by atoms with E-state index in [0.717, 1.165) is 12.8 Å². The number of aryl methyl sites for hydroxylation is 2. The quantitative estimate of drug-likeness (QED) is 0.349. The van der Waals surface area contributed by atoms with E-state index in [0.29, 0.717) is 0 Å². The van der Waals surface area contributed by atoms with Gasteiger partial charge in [0.05, 0.1) is 0 Å². The van der Waals surface area contributed by atoms with Crippen molar-refractivity contribution >= 4 is 21.5 Å². The molecule has 0 unspecified atom stereocenters. The van der Waals surface area contributed by atoms with Gasteiger partial charge < -0.3 is 0 Å². The van der Waals surface area contributed by atoms with Gasteiger partial charge in [-0.3, -0.25) is 0 Å². The van der Waals surface area contributed by atoms with E-state index in [1.807, 2.05) is 0 Å². The second-order valence-corrected chi connectivity index (χ2v) is 6.75. The summed E-state index contributed by atoms with van der Waals surface area (Å²) in [4.78, 5) is 0. The maximum atomic E-state index is 2.29. The Morgan fingerprint density at radius 2 is 1.12 bits per heavy atom. The predicted molar refractivity (Wildman–Crippen MR) is 110 cm³/mol. The molecule has 0 radical (unpaired) electrons. The molecule has 0 aliphatic rings. The molecule has 4 aromatic carbocycles. The van der Waals surface area contributed by atoms with E-state index in [-0.39, 0.29) is 0 Å². The highest BCUT2D eigenvalue weighted by atomic mass is 14.2. The molecule has 0 saturated carbocycles. The van der Waals surface area contributed by atoms with Crippen LogP contribution in [0, 0.1) is 0 Å². The number of hydrogen-bond donors (Lipinski definition) is 0. The number of hydrogen-bond acceptors (Lipinski definition) is 0. The smallest absolute Gasteiger partial charge is 0.00266 e. The van der Waals surface area contributed by atoms with Gasteiger partial charge in [-0.05, 0) is 56.6 Å². The molecule has 0 nitrogen and oxygen atoms in total. The first-order valence-corrected chi connectivity index (χ1v) is 9.35. The summed E-state index contributed by atoms with van der Waals surface area (Å²) in [5, 5.41) is 5.54. The molecule has 124 valence electrons. The van der Waals surface area contributed by atoms with E-state index in [4.69, 9.17) is 0 Å². The zero-order valence-electron chi connectivity index (χ0n) is 15.0. The molecule has 0 aliphatic heterocycles. The van der Waals surface area contributed by atoms with Gasteiger partial charge >= 0.3 is 0 Å². The normalized spacial score (nSPS) is 11.3. The topological polar surface area (TPSA) is 0 Å². The zero-order valence-corrected chi connectivity index (χ0v) is 15.0. The van der Waals surface area contributed by atoms with Crippen molar-refractivity contribution in [3.05, 3.63) is 83.9 Å². The Morgan fingerprint density at radius 3 is 1.60 bits per heavy atom. The van der Waals surface area contributed by atoms with Crippen molar-refractivity contribution in [3.8, 4) is 11.1 Å². The fourth-order valence-corrected chi connectivity index (χ4v) is 3.96. The number of benzene rings is 4. The van der Waals surface area contributed by atoms with Gasteiger partial charge in [0.15, 0.2) is 0 Å². The van der Waals surface area contributed by atoms with Crippen molar-refractivity contribution < 1.29 is 0 Å². The maximum absolute atomic E-state index is 2.29. The second kappa shape index (κ2) is 6.72. The molecule has 0 aromatic heterocycles. The summed E-state index contributed by atoms with van der Waals surface area (Å²) >= 11 is 0. The lowest BCUT2D eigenvalue weighted by atomic mass is 9.87. The van der Waals surface area contributed by atoms with E-state index in [9.17, 15) is 0 Å². The minimum Gasteiger partial charge on any atom is -0.0651 e. The van der Waals surface area contributed by atoms with Crippen LogP contribution in [0.5, 0.6) is 0 Å². The van der Waals surface area contributed by atoms with Gasteiger partial charge in [0.1, 0.15) is 0 Å². The van der Waals surface area contributed by atoms with Gasteiger partial charge in [-0.2, -0.15) is 0 Å². The molecule has 4 rings (SSSR count). The molecule has 0 amide bonds. The average Bonchev–Trinajstić information content (AvgIpc) is 2.68. The zero-order chi connectivity index (χ0) is 17.2. The van der Waals surface area contributed by atoms with Crippen LogP contribution in [-0.4, -0.2) is 0 Å².